The van der Waals surface area contributed by atoms with Crippen LogP contribution < -0.4 is 5.32 Å². The first-order valence-corrected chi connectivity index (χ1v) is 15.8. The van der Waals surface area contributed by atoms with E-state index in [1.165, 1.54) is 17.4 Å². The summed E-state index contributed by atoms with van der Waals surface area (Å²) in [6.07, 6.45) is 4.99. The molecule has 13 heteroatoms. The summed E-state index contributed by atoms with van der Waals surface area (Å²) < 4.78 is 20.1. The summed E-state index contributed by atoms with van der Waals surface area (Å²) in [6, 6.07) is 4.79. The second kappa shape index (κ2) is 11.9. The van der Waals surface area contributed by atoms with Crippen LogP contribution in [0.25, 0.3) is 5.70 Å². The highest BCUT2D eigenvalue weighted by Gasteiger charge is 2.54. The van der Waals surface area contributed by atoms with Crippen LogP contribution >= 0.6 is 35.6 Å². The molecule has 4 aliphatic rings. The number of nitrogens with zero attached hydrogens (tertiary/aromatic N) is 4. The quantitative estimate of drug-likeness (QED) is 0.281. The molecular formula is C29H33ClFN5O4S2. The van der Waals surface area contributed by atoms with Crippen LogP contribution in [0.1, 0.15) is 36.3 Å². The summed E-state index contributed by atoms with van der Waals surface area (Å²) >= 11 is 12.8. The van der Waals surface area contributed by atoms with E-state index in [9.17, 15) is 19.1 Å². The Morgan fingerprint density at radius 3 is 2.81 bits per heavy atom. The number of nitrogens with one attached hydrogen (secondary N) is 1. The summed E-state index contributed by atoms with van der Waals surface area (Å²) in [4.78, 5) is 36.6. The molecule has 224 valence electrons. The lowest BCUT2D eigenvalue weighted by atomic mass is 9.86. The van der Waals surface area contributed by atoms with E-state index in [0.717, 1.165) is 36.9 Å². The molecule has 2 aromatic rings. The summed E-state index contributed by atoms with van der Waals surface area (Å²) in [6.45, 7) is 5.81. The number of benzene rings is 1. The number of thiol groups is 1. The smallest absolute Gasteiger partial charge is 0.336 e. The van der Waals surface area contributed by atoms with Crippen molar-refractivity contribution in [1.82, 2.24) is 25.0 Å². The number of esters is 1. The topological polar surface area (TPSA) is 98.2 Å². The zero-order valence-electron chi connectivity index (χ0n) is 23.1. The SMILES string of the molecule is CCOC(=O)C1=C(CN2CCN3C(C2)CN(CC2(C(=O)O)CC2)C3S)NC(c2nccs2)=C[C@H]1c1cccc(F)c1Cl. The van der Waals surface area contributed by atoms with E-state index >= 15 is 0 Å². The maximum absolute atomic E-state index is 14.6. The number of dihydropyridines is 1. The van der Waals surface area contributed by atoms with Gasteiger partial charge >= 0.3 is 11.9 Å². The number of allylic oxidation sites excluding steroid dienone is 1. The summed E-state index contributed by atoms with van der Waals surface area (Å²) in [7, 11) is 0. The molecule has 1 aliphatic carbocycles. The van der Waals surface area contributed by atoms with Crippen LogP contribution in [0.2, 0.25) is 5.02 Å². The van der Waals surface area contributed by atoms with Crippen LogP contribution in [0.15, 0.2) is 47.1 Å². The van der Waals surface area contributed by atoms with Gasteiger partial charge in [-0.15, -0.1) is 24.0 Å². The van der Waals surface area contributed by atoms with E-state index in [2.05, 4.69) is 25.0 Å². The van der Waals surface area contributed by atoms with Crippen molar-refractivity contribution >= 4 is 53.2 Å². The molecule has 3 aliphatic heterocycles. The molecule has 9 nitrogen and oxygen atoms in total. The van der Waals surface area contributed by atoms with Gasteiger partial charge in [-0.05, 0) is 37.5 Å². The zero-order chi connectivity index (χ0) is 29.6. The molecule has 2 unspecified atom stereocenters. The molecule has 0 amide bonds. The van der Waals surface area contributed by atoms with E-state index < -0.39 is 29.1 Å². The summed E-state index contributed by atoms with van der Waals surface area (Å²) in [5.41, 5.74) is 1.49. The maximum Gasteiger partial charge on any atom is 0.336 e. The van der Waals surface area contributed by atoms with Crippen molar-refractivity contribution in [2.45, 2.75) is 37.2 Å². The van der Waals surface area contributed by atoms with Gasteiger partial charge in [-0.2, -0.15) is 0 Å². The Hall–Kier alpha value is -2.48. The van der Waals surface area contributed by atoms with Crippen LogP contribution in [0, 0.1) is 11.2 Å². The first kappa shape index (κ1) is 29.6. The molecular weight excluding hydrogens is 601 g/mol. The number of aliphatic carboxylic acids is 1. The zero-order valence-corrected chi connectivity index (χ0v) is 25.6. The lowest BCUT2D eigenvalue weighted by Crippen LogP contribution is -2.53. The minimum atomic E-state index is -0.728. The monoisotopic (exact) mass is 633 g/mol. The van der Waals surface area contributed by atoms with Gasteiger partial charge < -0.3 is 15.2 Å². The van der Waals surface area contributed by atoms with Crippen LogP contribution in [0.5, 0.6) is 0 Å². The van der Waals surface area contributed by atoms with E-state index in [1.54, 1.807) is 25.3 Å². The van der Waals surface area contributed by atoms with Gasteiger partial charge in [0, 0.05) is 68.5 Å². The van der Waals surface area contributed by atoms with Crippen molar-refractivity contribution < 1.29 is 23.8 Å². The fourth-order valence-electron chi connectivity index (χ4n) is 6.25. The van der Waals surface area contributed by atoms with Crippen LogP contribution in [0.4, 0.5) is 4.39 Å². The number of carboxylic acid groups (broad SMARTS) is 1. The van der Waals surface area contributed by atoms with E-state index in [1.807, 2.05) is 11.5 Å². The van der Waals surface area contributed by atoms with Gasteiger partial charge in [0.1, 0.15) is 16.3 Å². The second-order valence-corrected chi connectivity index (χ2v) is 13.0. The molecule has 1 aromatic heterocycles. The number of fused-ring (bicyclic) bond motifs is 1. The third-order valence-corrected chi connectivity index (χ3v) is 10.4. The van der Waals surface area contributed by atoms with Crippen molar-refractivity contribution in [2.75, 3.05) is 45.9 Å². The molecule has 2 N–H and O–H groups in total. The Morgan fingerprint density at radius 1 is 1.31 bits per heavy atom. The number of aromatic nitrogens is 1. The molecule has 0 bridgehead atoms. The van der Waals surface area contributed by atoms with Crippen molar-refractivity contribution in [2.24, 2.45) is 5.41 Å². The number of hydrogen-bond acceptors (Lipinski definition) is 10. The van der Waals surface area contributed by atoms with Crippen LogP contribution in [0.3, 0.4) is 0 Å². The Bertz CT molecular complexity index is 1430. The Morgan fingerprint density at radius 2 is 2.12 bits per heavy atom. The Balaban J connectivity index is 1.29. The normalized spacial score (nSPS) is 26.0. The van der Waals surface area contributed by atoms with Gasteiger partial charge in [0.15, 0.2) is 0 Å². The fraction of sp³-hybridized carbons (Fsp3) is 0.483. The highest BCUT2D eigenvalue weighted by Crippen LogP contribution is 2.48. The molecule has 3 atom stereocenters. The minimum Gasteiger partial charge on any atom is -0.481 e. The maximum atomic E-state index is 14.6. The molecule has 0 spiro atoms. The van der Waals surface area contributed by atoms with Gasteiger partial charge in [0.05, 0.1) is 28.3 Å². The van der Waals surface area contributed by atoms with E-state index in [-0.39, 0.29) is 23.2 Å². The van der Waals surface area contributed by atoms with Gasteiger partial charge in [-0.3, -0.25) is 19.5 Å². The molecule has 0 radical (unpaired) electrons. The Kier molecular flexibility index (Phi) is 8.38. The number of hydrogen-bond donors (Lipinski definition) is 3. The lowest BCUT2D eigenvalue weighted by Gasteiger charge is -2.39. The predicted octanol–water partition coefficient (Wildman–Crippen LogP) is 3.86. The van der Waals surface area contributed by atoms with Crippen molar-refractivity contribution in [1.29, 1.82) is 0 Å². The highest BCUT2D eigenvalue weighted by molar-refractivity contribution is 7.80. The average molecular weight is 634 g/mol. The largest absolute Gasteiger partial charge is 0.481 e. The van der Waals surface area contributed by atoms with E-state index in [4.69, 9.17) is 29.0 Å². The molecule has 4 heterocycles. The standard InChI is InChI=1S/C29H33ClFN5O4S2/c1-2-40-26(37)23-19(18-4-3-5-20(31)24(18)30)12-21(25-32-8-11-42-25)33-22(23)15-34-9-10-36-17(13-34)14-35(28(36)41)16-29(6-7-29)27(38)39/h3-5,8,11-12,17,19,28,33,41H,2,6-7,9-10,13-16H2,1H3,(H,38,39)/t17?,19-,28?/m0/s1. The molecule has 1 aromatic carbocycles. The number of halogens is 2. The predicted molar refractivity (Wildman–Crippen MR) is 162 cm³/mol. The van der Waals surface area contributed by atoms with Crippen LogP contribution in [-0.2, 0) is 14.3 Å². The van der Waals surface area contributed by atoms with Gasteiger partial charge in [-0.25, -0.2) is 14.2 Å². The van der Waals surface area contributed by atoms with E-state index in [0.29, 0.717) is 42.8 Å². The average Bonchev–Trinajstić information content (AvgIpc) is 3.41. The van der Waals surface area contributed by atoms with Gasteiger partial charge in [0.2, 0.25) is 0 Å². The third-order valence-electron chi connectivity index (χ3n) is 8.61. The number of piperazine rings is 1. The van der Waals surface area contributed by atoms with Crippen molar-refractivity contribution in [3.63, 3.8) is 0 Å². The fourth-order valence-corrected chi connectivity index (χ4v) is 7.59. The number of thiazole rings is 1. The van der Waals surface area contributed by atoms with Gasteiger partial charge in [0.25, 0.3) is 0 Å². The van der Waals surface area contributed by atoms with Crippen molar-refractivity contribution in [3.8, 4) is 0 Å². The Labute approximate surface area is 258 Å². The lowest BCUT2D eigenvalue weighted by molar-refractivity contribution is -0.144. The number of carbonyl (C=O) groups excluding carboxylic acids is 1. The number of ether oxygens (including phenoxy) is 1. The van der Waals surface area contributed by atoms with Crippen LogP contribution in [-0.4, -0.2) is 94.1 Å². The molecule has 6 rings (SSSR count). The number of carbonyl (C=O) groups is 2. The molecule has 2 saturated heterocycles. The molecule has 42 heavy (non-hydrogen) atoms. The first-order valence-electron chi connectivity index (χ1n) is 14.1. The van der Waals surface area contributed by atoms with Gasteiger partial charge in [-0.1, -0.05) is 23.7 Å². The second-order valence-electron chi connectivity index (χ2n) is 11.3. The summed E-state index contributed by atoms with van der Waals surface area (Å²) in [5, 5.41) is 15.8. The third kappa shape index (κ3) is 5.60. The first-order chi connectivity index (χ1) is 20.2. The minimum absolute atomic E-state index is 0.0328. The number of rotatable bonds is 9. The summed E-state index contributed by atoms with van der Waals surface area (Å²) in [5.74, 6) is -2.41. The highest BCUT2D eigenvalue weighted by atomic mass is 35.5. The molecule has 1 saturated carbocycles. The number of carboxylic acids is 1. The van der Waals surface area contributed by atoms with Crippen molar-refractivity contribution in [3.05, 3.63) is 68.5 Å². The molecule has 3 fully saturated rings.